The molecule has 0 aliphatic heterocycles. The summed E-state index contributed by atoms with van der Waals surface area (Å²) in [6.07, 6.45) is 4.47. The van der Waals surface area contributed by atoms with Crippen LogP contribution in [0.15, 0.2) is 21.2 Å². The van der Waals surface area contributed by atoms with Gasteiger partial charge in [-0.25, -0.2) is 0 Å². The van der Waals surface area contributed by atoms with E-state index >= 15 is 0 Å². The summed E-state index contributed by atoms with van der Waals surface area (Å²) in [4.78, 5) is 0. The standard InChI is InChI=1S/C12H19BrN2O/c1-8(9-2-3-9)7-15-11(6-14)12-10(13)4-5-16-12/h4-5,8-9,11,15H,2-3,6-7,14H2,1H3. The van der Waals surface area contributed by atoms with Crippen molar-refractivity contribution in [1.82, 2.24) is 5.32 Å². The zero-order chi connectivity index (χ0) is 11.5. The first-order chi connectivity index (χ1) is 7.72. The third-order valence-corrected chi connectivity index (χ3v) is 3.97. The summed E-state index contributed by atoms with van der Waals surface area (Å²) in [6.45, 7) is 3.87. The third-order valence-electron chi connectivity index (χ3n) is 3.31. The molecule has 16 heavy (non-hydrogen) atoms. The molecule has 90 valence electrons. The fourth-order valence-corrected chi connectivity index (χ4v) is 2.47. The van der Waals surface area contributed by atoms with E-state index in [1.54, 1.807) is 6.26 Å². The molecule has 0 spiro atoms. The van der Waals surface area contributed by atoms with Gasteiger partial charge in [-0.2, -0.15) is 0 Å². The van der Waals surface area contributed by atoms with E-state index in [2.05, 4.69) is 28.2 Å². The quantitative estimate of drug-likeness (QED) is 0.845. The number of furan rings is 1. The maximum atomic E-state index is 5.77. The Labute approximate surface area is 105 Å². The highest BCUT2D eigenvalue weighted by atomic mass is 79.9. The average Bonchev–Trinajstić information content (AvgIpc) is 3.04. The Morgan fingerprint density at radius 3 is 2.88 bits per heavy atom. The van der Waals surface area contributed by atoms with E-state index in [0.717, 1.165) is 28.6 Å². The molecule has 2 unspecified atom stereocenters. The number of nitrogens with two attached hydrogens (primary N) is 1. The first-order valence-electron chi connectivity index (χ1n) is 5.88. The van der Waals surface area contributed by atoms with Gasteiger partial charge in [-0.1, -0.05) is 6.92 Å². The molecule has 3 N–H and O–H groups in total. The van der Waals surface area contributed by atoms with E-state index in [0.29, 0.717) is 6.54 Å². The number of hydrogen-bond donors (Lipinski definition) is 2. The highest BCUT2D eigenvalue weighted by Crippen LogP contribution is 2.36. The molecule has 0 amide bonds. The van der Waals surface area contributed by atoms with Crippen molar-refractivity contribution >= 4 is 15.9 Å². The second kappa shape index (κ2) is 5.34. The van der Waals surface area contributed by atoms with Crippen molar-refractivity contribution in [3.8, 4) is 0 Å². The molecular weight excluding hydrogens is 268 g/mol. The summed E-state index contributed by atoms with van der Waals surface area (Å²) in [5, 5.41) is 3.49. The zero-order valence-electron chi connectivity index (χ0n) is 9.58. The third kappa shape index (κ3) is 2.87. The molecular formula is C12H19BrN2O. The predicted molar refractivity (Wildman–Crippen MR) is 68.1 cm³/mol. The SMILES string of the molecule is CC(CNC(CN)c1occc1Br)C1CC1. The Hall–Kier alpha value is -0.320. The molecule has 2 rings (SSSR count). The molecule has 4 heteroatoms. The number of hydrogen-bond acceptors (Lipinski definition) is 3. The summed E-state index contributed by atoms with van der Waals surface area (Å²) in [7, 11) is 0. The minimum absolute atomic E-state index is 0.116. The van der Waals surface area contributed by atoms with Crippen molar-refractivity contribution in [1.29, 1.82) is 0 Å². The summed E-state index contributed by atoms with van der Waals surface area (Å²) >= 11 is 3.47. The van der Waals surface area contributed by atoms with Crippen LogP contribution in [0.2, 0.25) is 0 Å². The van der Waals surface area contributed by atoms with E-state index in [1.807, 2.05) is 6.07 Å². The van der Waals surface area contributed by atoms with Crippen molar-refractivity contribution in [2.24, 2.45) is 17.6 Å². The fraction of sp³-hybridized carbons (Fsp3) is 0.667. The molecule has 2 atom stereocenters. The second-order valence-electron chi connectivity index (χ2n) is 4.64. The summed E-state index contributed by atoms with van der Waals surface area (Å²) in [5.74, 6) is 2.57. The van der Waals surface area contributed by atoms with E-state index < -0.39 is 0 Å². The van der Waals surface area contributed by atoms with Gasteiger partial charge in [-0.3, -0.25) is 0 Å². The maximum absolute atomic E-state index is 5.77. The van der Waals surface area contributed by atoms with E-state index in [4.69, 9.17) is 10.2 Å². The van der Waals surface area contributed by atoms with Crippen molar-refractivity contribution in [3.63, 3.8) is 0 Å². The van der Waals surface area contributed by atoms with Gasteiger partial charge < -0.3 is 15.5 Å². The molecule has 0 bridgehead atoms. The Morgan fingerprint density at radius 1 is 1.62 bits per heavy atom. The summed E-state index contributed by atoms with van der Waals surface area (Å²) < 4.78 is 6.43. The van der Waals surface area contributed by atoms with Crippen LogP contribution in [0.25, 0.3) is 0 Å². The molecule has 1 heterocycles. The van der Waals surface area contributed by atoms with Gasteiger partial charge in [-0.15, -0.1) is 0 Å². The Bertz CT molecular complexity index is 336. The second-order valence-corrected chi connectivity index (χ2v) is 5.50. The van der Waals surface area contributed by atoms with Gasteiger partial charge in [0, 0.05) is 6.54 Å². The van der Waals surface area contributed by atoms with Crippen LogP contribution < -0.4 is 11.1 Å². The zero-order valence-corrected chi connectivity index (χ0v) is 11.2. The highest BCUT2D eigenvalue weighted by molar-refractivity contribution is 9.10. The van der Waals surface area contributed by atoms with Crippen molar-refractivity contribution in [2.45, 2.75) is 25.8 Å². The first-order valence-corrected chi connectivity index (χ1v) is 6.68. The predicted octanol–water partition coefficient (Wildman–Crippen LogP) is 2.68. The van der Waals surface area contributed by atoms with Crippen LogP contribution in [0.4, 0.5) is 0 Å². The molecule has 1 aliphatic rings. The molecule has 1 fully saturated rings. The Kier molecular flexibility index (Phi) is 4.05. The van der Waals surface area contributed by atoms with Gasteiger partial charge >= 0.3 is 0 Å². The minimum Gasteiger partial charge on any atom is -0.466 e. The van der Waals surface area contributed by atoms with Crippen molar-refractivity contribution < 1.29 is 4.42 Å². The van der Waals surface area contributed by atoms with Gasteiger partial charge in [-0.05, 0) is 53.2 Å². The number of halogens is 1. The van der Waals surface area contributed by atoms with Crippen molar-refractivity contribution in [3.05, 3.63) is 22.6 Å². The Morgan fingerprint density at radius 2 is 2.38 bits per heavy atom. The highest BCUT2D eigenvalue weighted by Gasteiger charge is 2.28. The molecule has 0 aromatic carbocycles. The fourth-order valence-electron chi connectivity index (χ4n) is 2.00. The topological polar surface area (TPSA) is 51.2 Å². The van der Waals surface area contributed by atoms with Crippen LogP contribution in [-0.4, -0.2) is 13.1 Å². The monoisotopic (exact) mass is 286 g/mol. The van der Waals surface area contributed by atoms with Crippen molar-refractivity contribution in [2.75, 3.05) is 13.1 Å². The molecule has 1 aromatic heterocycles. The van der Waals surface area contributed by atoms with E-state index in [9.17, 15) is 0 Å². The van der Waals surface area contributed by atoms with Crippen LogP contribution in [0, 0.1) is 11.8 Å². The van der Waals surface area contributed by atoms with Gasteiger partial charge in [0.1, 0.15) is 5.76 Å². The van der Waals surface area contributed by atoms with Crippen LogP contribution in [0.1, 0.15) is 31.6 Å². The van der Waals surface area contributed by atoms with Gasteiger partial charge in [0.05, 0.1) is 16.8 Å². The van der Waals surface area contributed by atoms with Gasteiger partial charge in [0.15, 0.2) is 0 Å². The summed E-state index contributed by atoms with van der Waals surface area (Å²) in [5.41, 5.74) is 5.77. The van der Waals surface area contributed by atoms with Gasteiger partial charge in [0.25, 0.3) is 0 Å². The largest absolute Gasteiger partial charge is 0.466 e. The number of nitrogens with one attached hydrogen (secondary N) is 1. The maximum Gasteiger partial charge on any atom is 0.136 e. The van der Waals surface area contributed by atoms with Crippen LogP contribution in [0.5, 0.6) is 0 Å². The molecule has 1 saturated carbocycles. The molecule has 0 radical (unpaired) electrons. The molecule has 3 nitrogen and oxygen atoms in total. The number of rotatable bonds is 6. The lowest BCUT2D eigenvalue weighted by Crippen LogP contribution is -2.32. The first kappa shape index (κ1) is 12.1. The lowest BCUT2D eigenvalue weighted by Gasteiger charge is -2.18. The average molecular weight is 287 g/mol. The van der Waals surface area contributed by atoms with Gasteiger partial charge in [0.2, 0.25) is 0 Å². The van der Waals surface area contributed by atoms with Crippen LogP contribution in [-0.2, 0) is 0 Å². The van der Waals surface area contributed by atoms with Crippen LogP contribution >= 0.6 is 15.9 Å². The molecule has 1 aliphatic carbocycles. The lowest BCUT2D eigenvalue weighted by atomic mass is 10.1. The normalized spacial score (nSPS) is 19.7. The molecule has 1 aromatic rings. The van der Waals surface area contributed by atoms with Crippen LogP contribution in [0.3, 0.4) is 0 Å². The molecule has 0 saturated heterocycles. The van der Waals surface area contributed by atoms with E-state index in [1.165, 1.54) is 12.8 Å². The summed E-state index contributed by atoms with van der Waals surface area (Å²) in [6, 6.07) is 2.02. The lowest BCUT2D eigenvalue weighted by molar-refractivity contribution is 0.375. The minimum atomic E-state index is 0.116. The smallest absolute Gasteiger partial charge is 0.136 e. The Balaban J connectivity index is 1.87. The van der Waals surface area contributed by atoms with E-state index in [-0.39, 0.29) is 6.04 Å².